The third kappa shape index (κ3) is 4.55. The van der Waals surface area contributed by atoms with Crippen LogP contribution in [0.25, 0.3) is 0 Å². The van der Waals surface area contributed by atoms with Gasteiger partial charge in [0.1, 0.15) is 5.75 Å². The van der Waals surface area contributed by atoms with E-state index in [1.54, 1.807) is 7.11 Å². The minimum Gasteiger partial charge on any atom is -0.496 e. The lowest BCUT2D eigenvalue weighted by Gasteiger charge is -2.07. The summed E-state index contributed by atoms with van der Waals surface area (Å²) in [6.45, 7) is -0.370. The van der Waals surface area contributed by atoms with Crippen LogP contribution >= 0.6 is 0 Å². The van der Waals surface area contributed by atoms with E-state index in [4.69, 9.17) is 10.5 Å². The van der Waals surface area contributed by atoms with Crippen LogP contribution in [0.15, 0.2) is 24.3 Å². The average Bonchev–Trinajstić information content (AvgIpc) is 2.34. The van der Waals surface area contributed by atoms with Crippen molar-refractivity contribution < 1.29 is 19.1 Å². The molecule has 1 rings (SSSR count). The molecule has 17 heavy (non-hydrogen) atoms. The highest BCUT2D eigenvalue weighted by Gasteiger charge is 2.08. The summed E-state index contributed by atoms with van der Waals surface area (Å²) in [5, 5.41) is 0. The van der Waals surface area contributed by atoms with Gasteiger partial charge >= 0.3 is 5.97 Å². The third-order valence-corrected chi connectivity index (χ3v) is 2.17. The lowest BCUT2D eigenvalue weighted by atomic mass is 10.1. The molecule has 0 saturated carbocycles. The number of esters is 1. The zero-order valence-electron chi connectivity index (χ0n) is 9.64. The van der Waals surface area contributed by atoms with Crippen molar-refractivity contribution >= 4 is 11.9 Å². The Labute approximate surface area is 99.5 Å². The Balaban J connectivity index is 2.44. The summed E-state index contributed by atoms with van der Waals surface area (Å²) in [5.74, 6) is -0.374. The first-order valence-corrected chi connectivity index (χ1v) is 5.19. The van der Waals surface area contributed by atoms with Gasteiger partial charge in [-0.25, -0.2) is 0 Å². The number of rotatable bonds is 6. The van der Waals surface area contributed by atoms with Gasteiger partial charge in [0.05, 0.1) is 7.11 Å². The highest BCUT2D eigenvalue weighted by molar-refractivity contribution is 5.79. The monoisotopic (exact) mass is 237 g/mol. The van der Waals surface area contributed by atoms with Gasteiger partial charge in [0.25, 0.3) is 5.91 Å². The molecule has 0 bridgehead atoms. The molecule has 0 unspecified atom stereocenters. The molecule has 1 amide bonds. The van der Waals surface area contributed by atoms with E-state index >= 15 is 0 Å². The van der Waals surface area contributed by atoms with E-state index in [0.29, 0.717) is 6.42 Å². The Bertz CT molecular complexity index is 403. The Hall–Kier alpha value is -2.04. The highest BCUT2D eigenvalue weighted by Crippen LogP contribution is 2.18. The number of amides is 1. The Morgan fingerprint density at radius 3 is 2.65 bits per heavy atom. The van der Waals surface area contributed by atoms with Crippen molar-refractivity contribution in [3.63, 3.8) is 0 Å². The van der Waals surface area contributed by atoms with E-state index in [1.807, 2.05) is 24.3 Å². The van der Waals surface area contributed by atoms with Gasteiger partial charge in [0, 0.05) is 6.42 Å². The van der Waals surface area contributed by atoms with E-state index in [1.165, 1.54) is 0 Å². The summed E-state index contributed by atoms with van der Waals surface area (Å²) in [4.78, 5) is 21.7. The third-order valence-electron chi connectivity index (χ3n) is 2.17. The first kappa shape index (κ1) is 13.0. The largest absolute Gasteiger partial charge is 0.496 e. The van der Waals surface area contributed by atoms with E-state index < -0.39 is 11.9 Å². The maximum atomic E-state index is 11.2. The van der Waals surface area contributed by atoms with Gasteiger partial charge in [-0.1, -0.05) is 18.2 Å². The number of primary amides is 1. The molecule has 5 heteroatoms. The fourth-order valence-electron chi connectivity index (χ4n) is 1.37. The van der Waals surface area contributed by atoms with Gasteiger partial charge in [-0.15, -0.1) is 0 Å². The van der Waals surface area contributed by atoms with E-state index in [0.717, 1.165) is 11.3 Å². The molecule has 0 heterocycles. The van der Waals surface area contributed by atoms with Crippen molar-refractivity contribution in [2.45, 2.75) is 12.8 Å². The number of methoxy groups -OCH3 is 1. The Morgan fingerprint density at radius 2 is 2.00 bits per heavy atom. The van der Waals surface area contributed by atoms with Gasteiger partial charge < -0.3 is 15.2 Å². The minimum atomic E-state index is -0.657. The number of carbonyl (C=O) groups excluding carboxylic acids is 2. The van der Waals surface area contributed by atoms with Gasteiger partial charge in [0.2, 0.25) is 0 Å². The van der Waals surface area contributed by atoms with Gasteiger partial charge in [0.15, 0.2) is 6.61 Å². The van der Waals surface area contributed by atoms with Crippen LogP contribution in [0.5, 0.6) is 5.75 Å². The SMILES string of the molecule is COc1ccccc1CCC(=O)OCC(N)=O. The Morgan fingerprint density at radius 1 is 1.29 bits per heavy atom. The zero-order chi connectivity index (χ0) is 12.7. The maximum Gasteiger partial charge on any atom is 0.306 e. The predicted molar refractivity (Wildman–Crippen MR) is 61.5 cm³/mol. The number of benzene rings is 1. The zero-order valence-corrected chi connectivity index (χ0v) is 9.64. The van der Waals surface area contributed by atoms with E-state index in [2.05, 4.69) is 4.74 Å². The molecule has 0 fully saturated rings. The highest BCUT2D eigenvalue weighted by atomic mass is 16.5. The van der Waals surface area contributed by atoms with Crippen molar-refractivity contribution in [2.24, 2.45) is 5.73 Å². The topological polar surface area (TPSA) is 78.6 Å². The number of hydrogen-bond acceptors (Lipinski definition) is 4. The van der Waals surface area contributed by atoms with Crippen LogP contribution in [0.1, 0.15) is 12.0 Å². The number of hydrogen-bond donors (Lipinski definition) is 1. The number of carbonyl (C=O) groups is 2. The second-order valence-electron chi connectivity index (χ2n) is 3.44. The standard InChI is InChI=1S/C12H15NO4/c1-16-10-5-3-2-4-9(10)6-7-12(15)17-8-11(13)14/h2-5H,6-8H2,1H3,(H2,13,14). The number of ether oxygens (including phenoxy) is 2. The molecule has 0 aliphatic heterocycles. The second kappa shape index (κ2) is 6.52. The lowest BCUT2D eigenvalue weighted by Crippen LogP contribution is -2.21. The van der Waals surface area contributed by atoms with Crippen molar-refractivity contribution in [1.29, 1.82) is 0 Å². The number of nitrogens with two attached hydrogens (primary N) is 1. The van der Waals surface area contributed by atoms with Crippen LogP contribution in [-0.4, -0.2) is 25.6 Å². The van der Waals surface area contributed by atoms with Crippen LogP contribution in [0.2, 0.25) is 0 Å². The lowest BCUT2D eigenvalue weighted by molar-refractivity contribution is -0.147. The van der Waals surface area contributed by atoms with Crippen molar-refractivity contribution in [3.8, 4) is 5.75 Å². The normalized spacial score (nSPS) is 9.71. The molecule has 1 aromatic carbocycles. The fraction of sp³-hybridized carbons (Fsp3) is 0.333. The molecular weight excluding hydrogens is 222 g/mol. The summed E-state index contributed by atoms with van der Waals surface area (Å²) in [6.07, 6.45) is 0.690. The van der Waals surface area contributed by atoms with Crippen LogP contribution in [0.3, 0.4) is 0 Å². The summed E-state index contributed by atoms with van der Waals surface area (Å²) in [6, 6.07) is 7.42. The molecule has 0 radical (unpaired) electrons. The van der Waals surface area contributed by atoms with Crippen LogP contribution < -0.4 is 10.5 Å². The molecule has 2 N–H and O–H groups in total. The summed E-state index contributed by atoms with van der Waals surface area (Å²) >= 11 is 0. The Kier molecular flexibility index (Phi) is 5.00. The molecule has 0 saturated heterocycles. The minimum absolute atomic E-state index is 0.188. The van der Waals surface area contributed by atoms with E-state index in [-0.39, 0.29) is 13.0 Å². The average molecular weight is 237 g/mol. The number of aryl methyl sites for hydroxylation is 1. The molecule has 0 atom stereocenters. The smallest absolute Gasteiger partial charge is 0.306 e. The van der Waals surface area contributed by atoms with Crippen LogP contribution in [-0.2, 0) is 20.7 Å². The van der Waals surface area contributed by atoms with Crippen molar-refractivity contribution in [3.05, 3.63) is 29.8 Å². The van der Waals surface area contributed by atoms with Gasteiger partial charge in [-0.05, 0) is 18.1 Å². The summed E-state index contributed by atoms with van der Waals surface area (Å²) in [7, 11) is 1.57. The molecule has 0 aliphatic rings. The van der Waals surface area contributed by atoms with E-state index in [9.17, 15) is 9.59 Å². The quantitative estimate of drug-likeness (QED) is 0.737. The van der Waals surface area contributed by atoms with Crippen LogP contribution in [0.4, 0.5) is 0 Å². The summed E-state index contributed by atoms with van der Waals surface area (Å²) in [5.41, 5.74) is 5.78. The molecule has 92 valence electrons. The molecule has 1 aromatic rings. The molecule has 0 aromatic heterocycles. The fourth-order valence-corrected chi connectivity index (χ4v) is 1.37. The van der Waals surface area contributed by atoms with Crippen molar-refractivity contribution in [2.75, 3.05) is 13.7 Å². The van der Waals surface area contributed by atoms with Gasteiger partial charge in [-0.2, -0.15) is 0 Å². The van der Waals surface area contributed by atoms with Gasteiger partial charge in [-0.3, -0.25) is 9.59 Å². The predicted octanol–water partition coefficient (Wildman–Crippen LogP) is 0.656. The van der Waals surface area contributed by atoms with Crippen LogP contribution in [0, 0.1) is 0 Å². The van der Waals surface area contributed by atoms with Crippen molar-refractivity contribution in [1.82, 2.24) is 0 Å². The first-order chi connectivity index (χ1) is 8.13. The molecular formula is C12H15NO4. The number of para-hydroxylation sites is 1. The maximum absolute atomic E-state index is 11.2. The second-order valence-corrected chi connectivity index (χ2v) is 3.44. The summed E-state index contributed by atoms with van der Waals surface area (Å²) < 4.78 is 9.79. The molecule has 5 nitrogen and oxygen atoms in total. The first-order valence-electron chi connectivity index (χ1n) is 5.19. The molecule has 0 spiro atoms. The molecule has 0 aliphatic carbocycles.